The van der Waals surface area contributed by atoms with E-state index < -0.39 is 0 Å². The van der Waals surface area contributed by atoms with Gasteiger partial charge in [0, 0.05) is 0 Å². The smallest absolute Gasteiger partial charge is 0.129 e. The molecule has 3 nitrogen and oxygen atoms in total. The summed E-state index contributed by atoms with van der Waals surface area (Å²) in [4.78, 5) is 5.69. The van der Waals surface area contributed by atoms with Crippen molar-refractivity contribution in [3.05, 3.63) is 34.8 Å². The van der Waals surface area contributed by atoms with Crippen LogP contribution in [0, 0.1) is 0 Å². The lowest BCUT2D eigenvalue weighted by atomic mass is 10.0. The largest absolute Gasteiger partial charge is 0.496 e. The second-order valence-corrected chi connectivity index (χ2v) is 5.47. The fourth-order valence-corrected chi connectivity index (χ4v) is 3.50. The zero-order chi connectivity index (χ0) is 12.5. The minimum atomic E-state index is -0.338. The van der Waals surface area contributed by atoms with Crippen molar-refractivity contribution in [1.29, 1.82) is 0 Å². The third kappa shape index (κ3) is 1.91. The summed E-state index contributed by atoms with van der Waals surface area (Å²) in [6, 6.07) is 7.88. The van der Waals surface area contributed by atoms with Crippen molar-refractivity contribution in [3.8, 4) is 16.3 Å². The van der Waals surface area contributed by atoms with Crippen LogP contribution in [0.4, 0.5) is 0 Å². The summed E-state index contributed by atoms with van der Waals surface area (Å²) in [6.45, 7) is 0. The fraction of sp³-hybridized carbons (Fsp3) is 0.357. The van der Waals surface area contributed by atoms with E-state index in [0.717, 1.165) is 46.2 Å². The summed E-state index contributed by atoms with van der Waals surface area (Å²) in [6.07, 6.45) is 2.50. The standard InChI is InChI=1S/C14H15NO2S/c1-17-12-8-3-2-5-9(12)14-15-10-6-4-7-11(16)13(10)18-14/h2-3,5,8,11,16H,4,6-7H2,1H3. The first-order valence-electron chi connectivity index (χ1n) is 6.10. The number of methoxy groups -OCH3 is 1. The first-order valence-corrected chi connectivity index (χ1v) is 6.92. The number of benzene rings is 1. The first-order chi connectivity index (χ1) is 8.79. The van der Waals surface area contributed by atoms with E-state index in [2.05, 4.69) is 4.98 Å². The second kappa shape index (κ2) is 4.71. The van der Waals surface area contributed by atoms with Gasteiger partial charge < -0.3 is 9.84 Å². The number of aliphatic hydroxyl groups is 1. The first kappa shape index (κ1) is 11.7. The minimum Gasteiger partial charge on any atom is -0.496 e. The topological polar surface area (TPSA) is 42.4 Å². The Balaban J connectivity index is 2.07. The van der Waals surface area contributed by atoms with E-state index in [1.807, 2.05) is 24.3 Å². The number of thiazole rings is 1. The van der Waals surface area contributed by atoms with Crippen LogP contribution in [0.5, 0.6) is 5.75 Å². The Bertz CT molecular complexity index is 565. The zero-order valence-corrected chi connectivity index (χ0v) is 11.0. The van der Waals surface area contributed by atoms with Crippen molar-refractivity contribution >= 4 is 11.3 Å². The van der Waals surface area contributed by atoms with E-state index in [1.165, 1.54) is 0 Å². The van der Waals surface area contributed by atoms with Crippen molar-refractivity contribution in [1.82, 2.24) is 4.98 Å². The lowest BCUT2D eigenvalue weighted by Gasteiger charge is -2.14. The third-order valence-electron chi connectivity index (χ3n) is 3.26. The van der Waals surface area contributed by atoms with Gasteiger partial charge in [0.25, 0.3) is 0 Å². The van der Waals surface area contributed by atoms with Gasteiger partial charge in [-0.15, -0.1) is 11.3 Å². The summed E-state index contributed by atoms with van der Waals surface area (Å²) >= 11 is 1.58. The second-order valence-electron chi connectivity index (χ2n) is 4.44. The Kier molecular flexibility index (Phi) is 3.06. The maximum atomic E-state index is 9.99. The van der Waals surface area contributed by atoms with Gasteiger partial charge in [-0.3, -0.25) is 0 Å². The molecule has 4 heteroatoms. The van der Waals surface area contributed by atoms with Crippen LogP contribution in [-0.2, 0) is 6.42 Å². The van der Waals surface area contributed by atoms with Crippen molar-refractivity contribution < 1.29 is 9.84 Å². The number of fused-ring (bicyclic) bond motifs is 1. The Hall–Kier alpha value is -1.39. The average molecular weight is 261 g/mol. The van der Waals surface area contributed by atoms with Gasteiger partial charge in [0.15, 0.2) is 0 Å². The lowest BCUT2D eigenvalue weighted by molar-refractivity contribution is 0.160. The van der Waals surface area contributed by atoms with E-state index in [1.54, 1.807) is 18.4 Å². The molecule has 0 fully saturated rings. The highest BCUT2D eigenvalue weighted by Crippen LogP contribution is 2.40. The summed E-state index contributed by atoms with van der Waals surface area (Å²) in [5.41, 5.74) is 2.06. The molecule has 1 aromatic carbocycles. The molecule has 1 aliphatic carbocycles. The van der Waals surface area contributed by atoms with Crippen molar-refractivity contribution in [2.45, 2.75) is 25.4 Å². The highest BCUT2D eigenvalue weighted by Gasteiger charge is 2.23. The van der Waals surface area contributed by atoms with Gasteiger partial charge in [0.2, 0.25) is 0 Å². The van der Waals surface area contributed by atoms with Crippen LogP contribution in [0.15, 0.2) is 24.3 Å². The van der Waals surface area contributed by atoms with Gasteiger partial charge >= 0.3 is 0 Å². The number of hydrogen-bond donors (Lipinski definition) is 1. The van der Waals surface area contributed by atoms with Gasteiger partial charge in [-0.05, 0) is 31.4 Å². The number of para-hydroxylation sites is 1. The van der Waals surface area contributed by atoms with Gasteiger partial charge in [-0.2, -0.15) is 0 Å². The van der Waals surface area contributed by atoms with Crippen LogP contribution in [-0.4, -0.2) is 17.2 Å². The third-order valence-corrected chi connectivity index (χ3v) is 4.49. The van der Waals surface area contributed by atoms with Crippen molar-refractivity contribution in [3.63, 3.8) is 0 Å². The van der Waals surface area contributed by atoms with Crippen molar-refractivity contribution in [2.24, 2.45) is 0 Å². The molecule has 94 valence electrons. The highest BCUT2D eigenvalue weighted by molar-refractivity contribution is 7.15. The summed E-state index contributed by atoms with van der Waals surface area (Å²) in [5, 5.41) is 10.9. The summed E-state index contributed by atoms with van der Waals surface area (Å²) < 4.78 is 5.36. The predicted octanol–water partition coefficient (Wildman–Crippen LogP) is 3.19. The summed E-state index contributed by atoms with van der Waals surface area (Å²) in [7, 11) is 1.67. The number of hydrogen-bond acceptors (Lipinski definition) is 4. The molecule has 1 aromatic heterocycles. The molecule has 0 bridgehead atoms. The van der Waals surface area contributed by atoms with Gasteiger partial charge in [0.1, 0.15) is 10.8 Å². The fourth-order valence-electron chi connectivity index (χ4n) is 2.33. The quantitative estimate of drug-likeness (QED) is 0.902. The van der Waals surface area contributed by atoms with E-state index in [4.69, 9.17) is 4.74 Å². The predicted molar refractivity (Wildman–Crippen MR) is 72.0 cm³/mol. The number of aromatic nitrogens is 1. The molecule has 0 spiro atoms. The molecule has 2 aromatic rings. The monoisotopic (exact) mass is 261 g/mol. The molecule has 0 saturated carbocycles. The van der Waals surface area contributed by atoms with Crippen molar-refractivity contribution in [2.75, 3.05) is 7.11 Å². The van der Waals surface area contributed by atoms with Gasteiger partial charge in [-0.25, -0.2) is 4.98 Å². The normalized spacial score (nSPS) is 18.4. The van der Waals surface area contributed by atoms with Crippen LogP contribution < -0.4 is 4.74 Å². The molecule has 1 atom stereocenters. The van der Waals surface area contributed by atoms with Crippen LogP contribution in [0.3, 0.4) is 0 Å². The molecule has 0 radical (unpaired) electrons. The number of nitrogens with zero attached hydrogens (tertiary/aromatic N) is 1. The Morgan fingerprint density at radius 1 is 1.39 bits per heavy atom. The number of aliphatic hydroxyl groups excluding tert-OH is 1. The summed E-state index contributed by atoms with van der Waals surface area (Å²) in [5.74, 6) is 0.832. The minimum absolute atomic E-state index is 0.338. The van der Waals surface area contributed by atoms with Crippen LogP contribution in [0.1, 0.15) is 29.5 Å². The average Bonchev–Trinajstić information content (AvgIpc) is 2.84. The molecule has 0 aliphatic heterocycles. The Labute approximate surface area is 110 Å². The van der Waals surface area contributed by atoms with Crippen LogP contribution >= 0.6 is 11.3 Å². The highest BCUT2D eigenvalue weighted by atomic mass is 32.1. The Morgan fingerprint density at radius 2 is 2.22 bits per heavy atom. The molecule has 1 aliphatic rings. The molecule has 1 unspecified atom stereocenters. The maximum absolute atomic E-state index is 9.99. The van der Waals surface area contributed by atoms with E-state index >= 15 is 0 Å². The molecule has 0 saturated heterocycles. The lowest BCUT2D eigenvalue weighted by Crippen LogP contribution is -2.06. The molecule has 1 heterocycles. The molecular formula is C14H15NO2S. The number of ether oxygens (including phenoxy) is 1. The van der Waals surface area contributed by atoms with Gasteiger partial charge in [0.05, 0.1) is 29.3 Å². The van der Waals surface area contributed by atoms with E-state index in [9.17, 15) is 5.11 Å². The van der Waals surface area contributed by atoms with Crippen LogP contribution in [0.2, 0.25) is 0 Å². The van der Waals surface area contributed by atoms with E-state index in [0.29, 0.717) is 0 Å². The molecule has 18 heavy (non-hydrogen) atoms. The van der Waals surface area contributed by atoms with Crippen LogP contribution in [0.25, 0.3) is 10.6 Å². The molecular weight excluding hydrogens is 246 g/mol. The number of aryl methyl sites for hydroxylation is 1. The maximum Gasteiger partial charge on any atom is 0.129 e. The molecule has 3 rings (SSSR count). The van der Waals surface area contributed by atoms with E-state index in [-0.39, 0.29) is 6.10 Å². The SMILES string of the molecule is COc1ccccc1-c1nc2c(s1)C(O)CCC2. The Morgan fingerprint density at radius 3 is 3.00 bits per heavy atom. The zero-order valence-electron chi connectivity index (χ0n) is 10.2. The molecule has 1 N–H and O–H groups in total. The van der Waals surface area contributed by atoms with Gasteiger partial charge in [-0.1, -0.05) is 12.1 Å². The molecule has 0 amide bonds. The number of rotatable bonds is 2.